The molecule has 0 radical (unpaired) electrons. The lowest BCUT2D eigenvalue weighted by Crippen LogP contribution is -2.28. The Labute approximate surface area is 205 Å². The summed E-state index contributed by atoms with van der Waals surface area (Å²) in [6, 6.07) is 6.33. The number of carbonyl (C=O) groups excluding carboxylic acids is 2. The smallest absolute Gasteiger partial charge is 0.352 e. The minimum absolute atomic E-state index is 0.0851. The molecule has 1 aliphatic rings. The van der Waals surface area contributed by atoms with Crippen molar-refractivity contribution in [3.63, 3.8) is 0 Å². The fraction of sp³-hybridized carbons (Fsp3) is 0.333. The fourth-order valence-electron chi connectivity index (χ4n) is 3.52. The first kappa shape index (κ1) is 26.0. The van der Waals surface area contributed by atoms with Crippen molar-refractivity contribution >= 4 is 58.1 Å². The molecule has 3 rings (SSSR count). The Morgan fingerprint density at radius 1 is 1.03 bits per heavy atom. The molecule has 0 spiro atoms. The van der Waals surface area contributed by atoms with E-state index in [1.807, 2.05) is 0 Å². The molecule has 1 aliphatic carbocycles. The summed E-state index contributed by atoms with van der Waals surface area (Å²) in [5.41, 5.74) is 0.823. The van der Waals surface area contributed by atoms with Crippen molar-refractivity contribution in [3.05, 3.63) is 68.7 Å². The number of nitrogens with one attached hydrogen (secondary N) is 1. The maximum Gasteiger partial charge on any atom is 0.397 e. The third-order valence-electron chi connectivity index (χ3n) is 5.09. The lowest BCUT2D eigenvalue weighted by atomic mass is 10.0. The molecule has 1 fully saturated rings. The monoisotopic (exact) mass is 547 g/mol. The maximum atomic E-state index is 13.8. The van der Waals surface area contributed by atoms with Crippen LogP contribution in [0.5, 0.6) is 0 Å². The van der Waals surface area contributed by atoms with Gasteiger partial charge in [-0.15, -0.1) is 23.2 Å². The SMILES string of the molecule is O=C(CC(F)(F)F)NCc1cc(CC(=O)C2C(c3cc(F)c(Cl)c(F)c3)C2(Cl)Cl)ccc1Cl. The first-order chi connectivity index (χ1) is 15.2. The lowest BCUT2D eigenvalue weighted by Gasteiger charge is -2.10. The number of ketones is 1. The van der Waals surface area contributed by atoms with Gasteiger partial charge in [-0.3, -0.25) is 9.59 Å². The van der Waals surface area contributed by atoms with E-state index in [0.29, 0.717) is 11.1 Å². The second kappa shape index (κ2) is 9.56. The summed E-state index contributed by atoms with van der Waals surface area (Å²) < 4.78 is 62.9. The molecule has 12 heteroatoms. The molecule has 0 bridgehead atoms. The predicted octanol–water partition coefficient (Wildman–Crippen LogP) is 6.54. The maximum absolute atomic E-state index is 13.8. The van der Waals surface area contributed by atoms with Crippen LogP contribution in [0.2, 0.25) is 10.0 Å². The minimum Gasteiger partial charge on any atom is -0.352 e. The summed E-state index contributed by atoms with van der Waals surface area (Å²) in [5, 5.41) is 1.61. The molecule has 2 aromatic rings. The van der Waals surface area contributed by atoms with E-state index in [1.165, 1.54) is 18.2 Å². The highest BCUT2D eigenvalue weighted by Crippen LogP contribution is 2.65. The first-order valence-electron chi connectivity index (χ1n) is 9.36. The molecule has 1 saturated carbocycles. The average molecular weight is 549 g/mol. The van der Waals surface area contributed by atoms with Crippen LogP contribution in [0.3, 0.4) is 0 Å². The molecule has 1 amide bonds. The predicted molar refractivity (Wildman–Crippen MR) is 115 cm³/mol. The van der Waals surface area contributed by atoms with Crippen molar-refractivity contribution in [2.75, 3.05) is 0 Å². The highest BCUT2D eigenvalue weighted by Gasteiger charge is 2.67. The molecule has 2 atom stereocenters. The normalized spacial score (nSPS) is 19.3. The molecular weight excluding hydrogens is 535 g/mol. The van der Waals surface area contributed by atoms with Crippen molar-refractivity contribution in [1.29, 1.82) is 0 Å². The zero-order valence-corrected chi connectivity index (χ0v) is 19.4. The number of alkyl halides is 5. The Kier molecular flexibility index (Phi) is 7.54. The highest BCUT2D eigenvalue weighted by atomic mass is 35.5. The Hall–Kier alpha value is -1.61. The zero-order chi connectivity index (χ0) is 24.7. The summed E-state index contributed by atoms with van der Waals surface area (Å²) >= 11 is 23.9. The van der Waals surface area contributed by atoms with E-state index in [0.717, 1.165) is 12.1 Å². The van der Waals surface area contributed by atoms with Gasteiger partial charge in [0.1, 0.15) is 33.2 Å². The standard InChI is InChI=1S/C21H14Cl4F5NO2/c22-12-2-1-9(3-11(12)8-31-16(33)7-20(28,29)30)4-15(32)18-17(21(18,24)25)10-5-13(26)19(23)14(27)6-10/h1-3,5-6,17-18H,4,7-8H2,(H,31,33). The van der Waals surface area contributed by atoms with Gasteiger partial charge in [0.15, 0.2) is 0 Å². The molecule has 2 unspecified atom stereocenters. The van der Waals surface area contributed by atoms with Crippen LogP contribution in [0.15, 0.2) is 30.3 Å². The molecule has 1 N–H and O–H groups in total. The Morgan fingerprint density at radius 2 is 1.64 bits per heavy atom. The summed E-state index contributed by atoms with van der Waals surface area (Å²) in [4.78, 5) is 24.2. The number of hydrogen-bond donors (Lipinski definition) is 1. The van der Waals surface area contributed by atoms with Gasteiger partial charge in [-0.05, 0) is 34.9 Å². The Balaban J connectivity index is 1.70. The zero-order valence-electron chi connectivity index (χ0n) is 16.4. The largest absolute Gasteiger partial charge is 0.397 e. The van der Waals surface area contributed by atoms with Crippen LogP contribution in [-0.4, -0.2) is 22.2 Å². The van der Waals surface area contributed by atoms with E-state index in [1.54, 1.807) is 0 Å². The molecule has 0 heterocycles. The quantitative estimate of drug-likeness (QED) is 0.242. The van der Waals surface area contributed by atoms with Crippen LogP contribution < -0.4 is 5.32 Å². The third-order valence-corrected chi connectivity index (χ3v) is 6.76. The number of carbonyl (C=O) groups is 2. The molecule has 33 heavy (non-hydrogen) atoms. The van der Waals surface area contributed by atoms with Gasteiger partial charge in [0.25, 0.3) is 0 Å². The van der Waals surface area contributed by atoms with Crippen LogP contribution in [-0.2, 0) is 22.6 Å². The molecule has 0 aromatic heterocycles. The summed E-state index contributed by atoms with van der Waals surface area (Å²) in [5.74, 6) is -5.48. The number of benzene rings is 2. The Morgan fingerprint density at radius 3 is 2.21 bits per heavy atom. The number of rotatable bonds is 7. The van der Waals surface area contributed by atoms with Gasteiger partial charge in [0.2, 0.25) is 5.91 Å². The van der Waals surface area contributed by atoms with E-state index < -0.39 is 57.1 Å². The summed E-state index contributed by atoms with van der Waals surface area (Å²) in [7, 11) is 0. The van der Waals surface area contributed by atoms with E-state index >= 15 is 0 Å². The molecular formula is C21H14Cl4F5NO2. The number of amides is 1. The van der Waals surface area contributed by atoms with Crippen LogP contribution in [0.25, 0.3) is 0 Å². The van der Waals surface area contributed by atoms with Gasteiger partial charge in [-0.1, -0.05) is 35.3 Å². The number of hydrogen-bond acceptors (Lipinski definition) is 2. The number of Topliss-reactive ketones (excluding diaryl/α,β-unsaturated/α-hetero) is 1. The molecule has 0 saturated heterocycles. The van der Waals surface area contributed by atoms with Gasteiger partial charge in [-0.25, -0.2) is 8.78 Å². The highest BCUT2D eigenvalue weighted by molar-refractivity contribution is 6.53. The minimum atomic E-state index is -4.64. The van der Waals surface area contributed by atoms with Gasteiger partial charge in [0.05, 0.1) is 5.92 Å². The average Bonchev–Trinajstić information content (AvgIpc) is 3.27. The summed E-state index contributed by atoms with van der Waals surface area (Å²) in [6.07, 6.45) is -6.46. The van der Waals surface area contributed by atoms with E-state index in [9.17, 15) is 31.5 Å². The number of halogens is 9. The van der Waals surface area contributed by atoms with Crippen LogP contribution >= 0.6 is 46.4 Å². The second-order valence-electron chi connectivity index (χ2n) is 7.57. The first-order valence-corrected chi connectivity index (χ1v) is 10.9. The fourth-order valence-corrected chi connectivity index (χ4v) is 4.69. The van der Waals surface area contributed by atoms with Crippen LogP contribution in [0.1, 0.15) is 29.0 Å². The van der Waals surface area contributed by atoms with Crippen molar-refractivity contribution in [2.45, 2.75) is 35.8 Å². The van der Waals surface area contributed by atoms with Crippen LogP contribution in [0, 0.1) is 17.6 Å². The van der Waals surface area contributed by atoms with Crippen molar-refractivity contribution < 1.29 is 31.5 Å². The Bertz CT molecular complexity index is 1080. The van der Waals surface area contributed by atoms with Crippen molar-refractivity contribution in [3.8, 4) is 0 Å². The van der Waals surface area contributed by atoms with E-state index in [-0.39, 0.29) is 23.6 Å². The topological polar surface area (TPSA) is 46.2 Å². The van der Waals surface area contributed by atoms with Gasteiger partial charge < -0.3 is 5.32 Å². The van der Waals surface area contributed by atoms with Gasteiger partial charge in [-0.2, -0.15) is 13.2 Å². The second-order valence-corrected chi connectivity index (χ2v) is 9.80. The van der Waals surface area contributed by atoms with Crippen molar-refractivity contribution in [2.24, 2.45) is 5.92 Å². The molecule has 0 aliphatic heterocycles. The molecule has 3 nitrogen and oxygen atoms in total. The molecule has 178 valence electrons. The van der Waals surface area contributed by atoms with Gasteiger partial charge in [0, 0.05) is 23.9 Å². The summed E-state index contributed by atoms with van der Waals surface area (Å²) in [6.45, 7) is -0.278. The van der Waals surface area contributed by atoms with Gasteiger partial charge >= 0.3 is 6.18 Å². The van der Waals surface area contributed by atoms with Crippen molar-refractivity contribution in [1.82, 2.24) is 5.32 Å². The van der Waals surface area contributed by atoms with E-state index in [4.69, 9.17) is 46.4 Å². The lowest BCUT2D eigenvalue weighted by molar-refractivity contribution is -0.153. The molecule has 2 aromatic carbocycles. The van der Waals surface area contributed by atoms with Crippen LogP contribution in [0.4, 0.5) is 22.0 Å². The van der Waals surface area contributed by atoms with E-state index in [2.05, 4.69) is 5.32 Å². The third kappa shape index (κ3) is 6.10.